The van der Waals surface area contributed by atoms with E-state index in [-0.39, 0.29) is 0 Å². The van der Waals surface area contributed by atoms with Gasteiger partial charge in [-0.15, -0.1) is 0 Å². The first kappa shape index (κ1) is 10.1. The molecule has 0 aromatic heterocycles. The molecule has 0 bridgehead atoms. The van der Waals surface area contributed by atoms with Crippen LogP contribution in [0, 0.1) is 0 Å². The molecule has 0 atom stereocenters. The van der Waals surface area contributed by atoms with Gasteiger partial charge in [-0.2, -0.15) is 0 Å². The molecule has 0 heterocycles. The van der Waals surface area contributed by atoms with Crippen LogP contribution >= 0.6 is 0 Å². The van der Waals surface area contributed by atoms with Gasteiger partial charge in [-0.05, 0) is 12.1 Å². The lowest BCUT2D eigenvalue weighted by molar-refractivity contribution is 0.475. The van der Waals surface area contributed by atoms with Gasteiger partial charge in [-0.25, -0.2) is 0 Å². The highest BCUT2D eigenvalue weighted by atomic mass is 16.3. The Kier molecular flexibility index (Phi) is 5.07. The second kappa shape index (κ2) is 6.53. The molecule has 0 radical (unpaired) electrons. The number of hydrogen-bond donors (Lipinski definition) is 1. The van der Waals surface area contributed by atoms with Crippen LogP contribution in [0.4, 0.5) is 0 Å². The zero-order valence-corrected chi connectivity index (χ0v) is 8.08. The van der Waals surface area contributed by atoms with Gasteiger partial charge in [0.1, 0.15) is 5.75 Å². The summed E-state index contributed by atoms with van der Waals surface area (Å²) >= 11 is 0. The summed E-state index contributed by atoms with van der Waals surface area (Å²) in [4.78, 5) is 0. The Balaban J connectivity index is 0.000000132. The molecule has 1 aromatic carbocycles. The zero-order chi connectivity index (χ0) is 9.36. The molecule has 1 N–H and O–H groups in total. The minimum Gasteiger partial charge on any atom is -0.508 e. The molecule has 1 aliphatic rings. The third kappa shape index (κ3) is 5.29. The molecule has 0 amide bonds. The molecule has 72 valence electrons. The third-order valence-corrected chi connectivity index (χ3v) is 2.26. The van der Waals surface area contributed by atoms with Gasteiger partial charge in [-0.1, -0.05) is 56.7 Å². The van der Waals surface area contributed by atoms with E-state index < -0.39 is 0 Å². The first-order valence-corrected chi connectivity index (χ1v) is 5.13. The summed E-state index contributed by atoms with van der Waals surface area (Å²) in [5.41, 5.74) is 0. The number of benzene rings is 1. The fourth-order valence-corrected chi connectivity index (χ4v) is 1.49. The predicted octanol–water partition coefficient (Wildman–Crippen LogP) is 3.73. The molecule has 1 nitrogen and oxygen atoms in total. The lowest BCUT2D eigenvalue weighted by Gasteiger charge is -2.05. The maximum atomic E-state index is 8.63. The Hall–Kier alpha value is -0.980. The highest BCUT2D eigenvalue weighted by Crippen LogP contribution is 2.15. The van der Waals surface area contributed by atoms with E-state index in [1.165, 1.54) is 38.5 Å². The smallest absolute Gasteiger partial charge is 0.115 e. The van der Waals surface area contributed by atoms with Crippen LogP contribution in [-0.2, 0) is 0 Å². The quantitative estimate of drug-likeness (QED) is 0.641. The Morgan fingerprint density at radius 2 is 1.08 bits per heavy atom. The van der Waals surface area contributed by atoms with Crippen molar-refractivity contribution in [2.45, 2.75) is 38.5 Å². The summed E-state index contributed by atoms with van der Waals surface area (Å²) in [6, 6.07) is 8.71. The largest absolute Gasteiger partial charge is 0.508 e. The molecule has 1 saturated carbocycles. The molecule has 0 saturated heterocycles. The average Bonchev–Trinajstić information content (AvgIpc) is 2.22. The fraction of sp³-hybridized carbons (Fsp3) is 0.500. The van der Waals surface area contributed by atoms with E-state index in [0.717, 1.165) is 0 Å². The molecule has 1 aliphatic carbocycles. The van der Waals surface area contributed by atoms with Crippen LogP contribution in [0.15, 0.2) is 30.3 Å². The second-order valence-corrected chi connectivity index (χ2v) is 3.46. The second-order valence-electron chi connectivity index (χ2n) is 3.46. The number of para-hydroxylation sites is 1. The van der Waals surface area contributed by atoms with Crippen LogP contribution in [0.1, 0.15) is 38.5 Å². The molecule has 0 spiro atoms. The SMILES string of the molecule is C1CCCCC1.Oc1ccccc1. The molecular formula is C12H18O. The Morgan fingerprint density at radius 1 is 0.692 bits per heavy atom. The van der Waals surface area contributed by atoms with Crippen molar-refractivity contribution < 1.29 is 5.11 Å². The predicted molar refractivity (Wildman–Crippen MR) is 55.8 cm³/mol. The van der Waals surface area contributed by atoms with E-state index in [1.54, 1.807) is 24.3 Å². The topological polar surface area (TPSA) is 20.2 Å². The molecule has 0 aliphatic heterocycles. The molecule has 0 unspecified atom stereocenters. The van der Waals surface area contributed by atoms with Gasteiger partial charge in [0.25, 0.3) is 0 Å². The van der Waals surface area contributed by atoms with Gasteiger partial charge in [0, 0.05) is 0 Å². The van der Waals surface area contributed by atoms with Crippen molar-refractivity contribution in [2.75, 3.05) is 0 Å². The van der Waals surface area contributed by atoms with Crippen LogP contribution < -0.4 is 0 Å². The van der Waals surface area contributed by atoms with Crippen molar-refractivity contribution in [3.05, 3.63) is 30.3 Å². The van der Waals surface area contributed by atoms with Gasteiger partial charge in [-0.3, -0.25) is 0 Å². The summed E-state index contributed by atoms with van der Waals surface area (Å²) in [7, 11) is 0. The summed E-state index contributed by atoms with van der Waals surface area (Å²) in [6.45, 7) is 0. The zero-order valence-electron chi connectivity index (χ0n) is 8.08. The van der Waals surface area contributed by atoms with Crippen LogP contribution in [0.5, 0.6) is 5.75 Å². The van der Waals surface area contributed by atoms with Crippen molar-refractivity contribution in [3.8, 4) is 5.75 Å². The standard InChI is InChI=1S/C6H6O.C6H12/c7-6-4-2-1-3-5-6;1-2-4-6-5-3-1/h1-5,7H;1-6H2. The monoisotopic (exact) mass is 178 g/mol. The van der Waals surface area contributed by atoms with E-state index in [2.05, 4.69) is 0 Å². The first-order chi connectivity index (χ1) is 6.39. The summed E-state index contributed by atoms with van der Waals surface area (Å²) in [5.74, 6) is 0.322. The highest BCUT2D eigenvalue weighted by molar-refractivity contribution is 5.18. The Bertz CT molecular complexity index is 190. The molecule has 1 heteroatoms. The van der Waals surface area contributed by atoms with Crippen LogP contribution in [0.25, 0.3) is 0 Å². The lowest BCUT2D eigenvalue weighted by atomic mass is 10.0. The maximum Gasteiger partial charge on any atom is 0.115 e. The number of phenolic OH excluding ortho intramolecular Hbond substituents is 1. The maximum absolute atomic E-state index is 8.63. The summed E-state index contributed by atoms with van der Waals surface area (Å²) < 4.78 is 0. The highest BCUT2D eigenvalue weighted by Gasteiger charge is 1.95. The minimum atomic E-state index is 0.322. The van der Waals surface area contributed by atoms with Crippen LogP contribution in [0.3, 0.4) is 0 Å². The van der Waals surface area contributed by atoms with Crippen molar-refractivity contribution in [2.24, 2.45) is 0 Å². The fourth-order valence-electron chi connectivity index (χ4n) is 1.49. The van der Waals surface area contributed by atoms with E-state index >= 15 is 0 Å². The molecule has 2 rings (SSSR count). The lowest BCUT2D eigenvalue weighted by Crippen LogP contribution is -1.85. The van der Waals surface area contributed by atoms with Gasteiger partial charge < -0.3 is 5.11 Å². The van der Waals surface area contributed by atoms with E-state index in [0.29, 0.717) is 5.75 Å². The Labute approximate surface area is 80.4 Å². The first-order valence-electron chi connectivity index (χ1n) is 5.13. The molecule has 13 heavy (non-hydrogen) atoms. The van der Waals surface area contributed by atoms with E-state index in [9.17, 15) is 0 Å². The van der Waals surface area contributed by atoms with Crippen molar-refractivity contribution in [3.63, 3.8) is 0 Å². The minimum absolute atomic E-state index is 0.322. The van der Waals surface area contributed by atoms with E-state index in [4.69, 9.17) is 5.11 Å². The summed E-state index contributed by atoms with van der Waals surface area (Å²) in [6.07, 6.45) is 9.00. The number of aromatic hydroxyl groups is 1. The summed E-state index contributed by atoms with van der Waals surface area (Å²) in [5, 5.41) is 8.63. The number of phenols is 1. The third-order valence-electron chi connectivity index (χ3n) is 2.26. The molecule has 1 fully saturated rings. The van der Waals surface area contributed by atoms with Gasteiger partial charge in [0.15, 0.2) is 0 Å². The number of hydrogen-bond acceptors (Lipinski definition) is 1. The van der Waals surface area contributed by atoms with Crippen LogP contribution in [0.2, 0.25) is 0 Å². The van der Waals surface area contributed by atoms with Crippen molar-refractivity contribution in [1.82, 2.24) is 0 Å². The van der Waals surface area contributed by atoms with Gasteiger partial charge in [0.2, 0.25) is 0 Å². The Morgan fingerprint density at radius 3 is 1.31 bits per heavy atom. The van der Waals surface area contributed by atoms with Crippen molar-refractivity contribution >= 4 is 0 Å². The van der Waals surface area contributed by atoms with Crippen molar-refractivity contribution in [1.29, 1.82) is 0 Å². The molecular weight excluding hydrogens is 160 g/mol. The van der Waals surface area contributed by atoms with Gasteiger partial charge in [0.05, 0.1) is 0 Å². The molecule has 1 aromatic rings. The van der Waals surface area contributed by atoms with E-state index in [1.807, 2.05) is 6.07 Å². The normalized spacial score (nSPS) is 15.7. The number of rotatable bonds is 0. The average molecular weight is 178 g/mol. The van der Waals surface area contributed by atoms with Gasteiger partial charge >= 0.3 is 0 Å². The van der Waals surface area contributed by atoms with Crippen LogP contribution in [-0.4, -0.2) is 5.11 Å².